The second-order valence-corrected chi connectivity index (χ2v) is 10.6. The van der Waals surface area contributed by atoms with E-state index in [4.69, 9.17) is 16.2 Å². The molecule has 0 bridgehead atoms. The zero-order valence-electron chi connectivity index (χ0n) is 21.2. The second kappa shape index (κ2) is 10.7. The summed E-state index contributed by atoms with van der Waals surface area (Å²) in [5, 5.41) is 0.267. The van der Waals surface area contributed by atoms with Crippen molar-refractivity contribution in [3.05, 3.63) is 124 Å². The molecule has 0 saturated carbocycles. The van der Waals surface area contributed by atoms with Crippen molar-refractivity contribution < 1.29 is 21.9 Å². The molecule has 8 nitrogen and oxygen atoms in total. The average molecular weight is 553 g/mol. The molecule has 4 aromatic rings. The maximum absolute atomic E-state index is 14.4. The third-order valence-corrected chi connectivity index (χ3v) is 7.68. The molecule has 4 rings (SSSR count). The summed E-state index contributed by atoms with van der Waals surface area (Å²) in [4.78, 5) is 13.2. The maximum atomic E-state index is 14.4. The lowest BCUT2D eigenvalue weighted by atomic mass is 10.0. The minimum atomic E-state index is -4.12. The number of aromatic nitrogens is 2. The van der Waals surface area contributed by atoms with Gasteiger partial charge in [0.05, 0.1) is 4.90 Å². The molecule has 2 aromatic carbocycles. The van der Waals surface area contributed by atoms with Crippen molar-refractivity contribution in [2.75, 3.05) is 6.54 Å². The predicted molar refractivity (Wildman–Crippen MR) is 146 cm³/mol. The highest BCUT2D eigenvalue weighted by molar-refractivity contribution is 7.90. The van der Waals surface area contributed by atoms with Crippen molar-refractivity contribution in [3.63, 3.8) is 0 Å². The quantitative estimate of drug-likeness (QED) is 0.252. The Morgan fingerprint density at radius 1 is 1.10 bits per heavy atom. The molecule has 0 aliphatic rings. The number of pyridine rings is 1. The minimum absolute atomic E-state index is 0.00555. The van der Waals surface area contributed by atoms with Crippen molar-refractivity contribution >= 4 is 26.5 Å². The van der Waals surface area contributed by atoms with E-state index in [-0.39, 0.29) is 45.1 Å². The summed E-state index contributed by atoms with van der Waals surface area (Å²) >= 11 is 0. The van der Waals surface area contributed by atoms with Gasteiger partial charge in [0.1, 0.15) is 17.1 Å². The molecule has 2 heterocycles. The van der Waals surface area contributed by atoms with Gasteiger partial charge in [-0.25, -0.2) is 21.2 Å². The van der Waals surface area contributed by atoms with E-state index in [0.717, 1.165) is 21.7 Å². The van der Waals surface area contributed by atoms with Crippen molar-refractivity contribution in [2.24, 2.45) is 18.5 Å². The number of benzene rings is 2. The van der Waals surface area contributed by atoms with Crippen LogP contribution in [0.15, 0.2) is 101 Å². The molecular weight excluding hydrogens is 526 g/mol. The van der Waals surface area contributed by atoms with Crippen LogP contribution in [-0.4, -0.2) is 23.5 Å². The van der Waals surface area contributed by atoms with E-state index >= 15 is 0 Å². The normalized spacial score (nSPS) is 12.6. The van der Waals surface area contributed by atoms with Crippen molar-refractivity contribution in [1.82, 2.24) is 8.54 Å². The van der Waals surface area contributed by atoms with E-state index in [9.17, 15) is 22.0 Å². The summed E-state index contributed by atoms with van der Waals surface area (Å²) in [6.45, 7) is 5.93. The number of nitrogens with two attached hydrogens (primary N) is 2. The maximum Gasteiger partial charge on any atom is 0.275 e. The summed E-state index contributed by atoms with van der Waals surface area (Å²) in [7, 11) is -2.66. The fraction of sp³-hybridized carbons (Fsp3) is 0.107. The van der Waals surface area contributed by atoms with Crippen LogP contribution in [0.25, 0.3) is 16.5 Å². The predicted octanol–water partition coefficient (Wildman–Crippen LogP) is 3.94. The number of aryl methyl sites for hydroxylation is 2. The molecular formula is C28H26F2N4O4S. The Balaban J connectivity index is 1.89. The summed E-state index contributed by atoms with van der Waals surface area (Å²) in [6, 6.07) is 10.5. The average Bonchev–Trinajstić information content (AvgIpc) is 3.36. The molecule has 0 aliphatic carbocycles. The summed E-state index contributed by atoms with van der Waals surface area (Å²) in [5.74, 6) is -2.02. The molecule has 11 heteroatoms. The van der Waals surface area contributed by atoms with Gasteiger partial charge >= 0.3 is 0 Å². The standard InChI is InChI=1S/C28H26F2N4O4S/c1-17-4-8-21(9-5-17)39(36,37)34-13-12-22-23(16-33(3)28(35)27(22)34)18(2)25(11-7-20(32)15-31)38-26-10-6-19(29)14-24(26)30/h4-14,16H,2,15,31-32H2,1,3H3/b20-7+,25-11+. The lowest BCUT2D eigenvalue weighted by Gasteiger charge is -2.16. The summed E-state index contributed by atoms with van der Waals surface area (Å²) < 4.78 is 62.7. The molecule has 4 N–H and O–H groups in total. The number of allylic oxidation sites excluding steroid dienone is 3. The van der Waals surface area contributed by atoms with Crippen LogP contribution in [0.5, 0.6) is 5.75 Å². The highest BCUT2D eigenvalue weighted by Crippen LogP contribution is 2.32. The molecule has 39 heavy (non-hydrogen) atoms. The molecule has 0 atom stereocenters. The van der Waals surface area contributed by atoms with E-state index in [1.54, 1.807) is 12.1 Å². The Bertz CT molecular complexity index is 1820. The van der Waals surface area contributed by atoms with Crippen LogP contribution in [-0.2, 0) is 17.1 Å². The molecule has 0 radical (unpaired) electrons. The number of fused-ring (bicyclic) bond motifs is 1. The van der Waals surface area contributed by atoms with E-state index in [1.165, 1.54) is 54.4 Å². The van der Waals surface area contributed by atoms with Crippen LogP contribution in [0.3, 0.4) is 0 Å². The van der Waals surface area contributed by atoms with Gasteiger partial charge in [0, 0.05) is 54.3 Å². The highest BCUT2D eigenvalue weighted by Gasteiger charge is 2.24. The smallest absolute Gasteiger partial charge is 0.275 e. The van der Waals surface area contributed by atoms with Crippen molar-refractivity contribution in [3.8, 4) is 5.75 Å². The zero-order valence-corrected chi connectivity index (χ0v) is 22.0. The Labute approximate surface area is 223 Å². The topological polar surface area (TPSA) is 122 Å². The fourth-order valence-corrected chi connectivity index (χ4v) is 5.20. The van der Waals surface area contributed by atoms with Crippen LogP contribution in [0.4, 0.5) is 8.78 Å². The first-order valence-electron chi connectivity index (χ1n) is 11.7. The van der Waals surface area contributed by atoms with Crippen LogP contribution in [0, 0.1) is 18.6 Å². The van der Waals surface area contributed by atoms with Crippen molar-refractivity contribution in [2.45, 2.75) is 11.8 Å². The van der Waals surface area contributed by atoms with Gasteiger partial charge in [-0.1, -0.05) is 24.3 Å². The molecule has 0 amide bonds. The van der Waals surface area contributed by atoms with Crippen LogP contribution >= 0.6 is 0 Å². The number of hydrogen-bond donors (Lipinski definition) is 2. The van der Waals surface area contributed by atoms with E-state index in [0.29, 0.717) is 11.6 Å². The molecule has 0 unspecified atom stereocenters. The third-order valence-electron chi connectivity index (χ3n) is 5.99. The van der Waals surface area contributed by atoms with Gasteiger partial charge in [-0.3, -0.25) is 4.79 Å². The van der Waals surface area contributed by atoms with Gasteiger partial charge in [-0.2, -0.15) is 0 Å². The Hall–Kier alpha value is -4.48. The number of ether oxygens (including phenoxy) is 1. The van der Waals surface area contributed by atoms with Crippen LogP contribution in [0.2, 0.25) is 0 Å². The third kappa shape index (κ3) is 5.40. The van der Waals surface area contributed by atoms with E-state index in [2.05, 4.69) is 6.58 Å². The Morgan fingerprint density at radius 3 is 2.44 bits per heavy atom. The Morgan fingerprint density at radius 2 is 1.79 bits per heavy atom. The lowest BCUT2D eigenvalue weighted by Crippen LogP contribution is -2.23. The van der Waals surface area contributed by atoms with Gasteiger partial charge in [-0.15, -0.1) is 0 Å². The largest absolute Gasteiger partial charge is 0.454 e. The molecule has 0 spiro atoms. The van der Waals surface area contributed by atoms with Gasteiger partial charge in [0.25, 0.3) is 15.6 Å². The number of halogens is 2. The van der Waals surface area contributed by atoms with Crippen LogP contribution in [0.1, 0.15) is 11.1 Å². The first kappa shape index (κ1) is 27.6. The first-order chi connectivity index (χ1) is 18.4. The Kier molecular flexibility index (Phi) is 7.57. The second-order valence-electron chi connectivity index (χ2n) is 8.78. The summed E-state index contributed by atoms with van der Waals surface area (Å²) in [6.07, 6.45) is 5.59. The number of hydrogen-bond acceptors (Lipinski definition) is 6. The first-order valence-corrected chi connectivity index (χ1v) is 13.1. The highest BCUT2D eigenvalue weighted by atomic mass is 32.2. The van der Waals surface area contributed by atoms with E-state index in [1.807, 2.05) is 6.92 Å². The van der Waals surface area contributed by atoms with Gasteiger partial charge in [-0.05, 0) is 49.4 Å². The molecule has 0 fully saturated rings. The van der Waals surface area contributed by atoms with Gasteiger partial charge in [0.2, 0.25) is 0 Å². The fourth-order valence-electron chi connectivity index (χ4n) is 3.85. The summed E-state index contributed by atoms with van der Waals surface area (Å²) in [5.41, 5.74) is 12.4. The molecule has 2 aromatic heterocycles. The lowest BCUT2D eigenvalue weighted by molar-refractivity contribution is 0.412. The number of nitrogens with zero attached hydrogens (tertiary/aromatic N) is 2. The van der Waals surface area contributed by atoms with Gasteiger partial charge < -0.3 is 20.8 Å². The van der Waals surface area contributed by atoms with Gasteiger partial charge in [0.15, 0.2) is 11.6 Å². The zero-order chi connectivity index (χ0) is 28.5. The monoisotopic (exact) mass is 552 g/mol. The van der Waals surface area contributed by atoms with Crippen molar-refractivity contribution in [1.29, 1.82) is 0 Å². The molecule has 0 aliphatic heterocycles. The minimum Gasteiger partial charge on any atom is -0.454 e. The SMILES string of the molecule is C=C(/C(=C\C=C(\N)CN)Oc1ccc(F)cc1F)c1cn(C)c(=O)c2c1ccn2S(=O)(=O)c1ccc(C)cc1. The molecule has 0 saturated heterocycles. The molecule has 202 valence electrons. The van der Waals surface area contributed by atoms with Crippen LogP contribution < -0.4 is 21.8 Å². The van der Waals surface area contributed by atoms with E-state index < -0.39 is 27.2 Å². The number of rotatable bonds is 8.